The van der Waals surface area contributed by atoms with Crippen molar-refractivity contribution in [3.05, 3.63) is 35.8 Å². The van der Waals surface area contributed by atoms with Crippen LogP contribution in [0.15, 0.2) is 41.0 Å². The second kappa shape index (κ2) is 11.6. The number of thioether (sulfide) groups is 2. The van der Waals surface area contributed by atoms with E-state index in [1.165, 1.54) is 33.1 Å². The molecular weight excluding hydrogens is 510 g/mol. The van der Waals surface area contributed by atoms with Crippen molar-refractivity contribution in [1.29, 1.82) is 0 Å². The first-order valence-corrected chi connectivity index (χ1v) is 13.2. The minimum Gasteiger partial charge on any atom is -0.428 e. The molecule has 0 aliphatic carbocycles. The summed E-state index contributed by atoms with van der Waals surface area (Å²) in [4.78, 5) is 51.5. The normalized spacial score (nSPS) is 18.9. The van der Waals surface area contributed by atoms with Crippen molar-refractivity contribution in [3.8, 4) is 0 Å². The van der Waals surface area contributed by atoms with Crippen molar-refractivity contribution in [3.63, 3.8) is 0 Å². The van der Waals surface area contributed by atoms with Crippen LogP contribution in [0.1, 0.15) is 19.8 Å². The Morgan fingerprint density at radius 1 is 1.25 bits per heavy atom. The van der Waals surface area contributed by atoms with E-state index >= 15 is 0 Å². The average molecular weight is 536 g/mol. The first kappa shape index (κ1) is 25.8. The minimum absolute atomic E-state index is 0.0790. The topological polar surface area (TPSA) is 151 Å². The SMILES string of the molecule is CCCC(=O)OCOC(=O)C1=C(CSc2nnnn2C)CSC2C(NC(=O)Cn3cccc3)C(=O)N12. The Labute approximate surface area is 214 Å². The monoisotopic (exact) mass is 535 g/mol. The number of carbonyl (C=O) groups excluding carboxylic acids is 4. The number of β-lactam (4-membered cyclic amide) rings is 1. The van der Waals surface area contributed by atoms with E-state index in [9.17, 15) is 19.2 Å². The van der Waals surface area contributed by atoms with Gasteiger partial charge < -0.3 is 19.4 Å². The molecule has 0 bridgehead atoms. The summed E-state index contributed by atoms with van der Waals surface area (Å²) >= 11 is 2.75. The molecule has 0 aromatic carbocycles. The number of carbonyl (C=O) groups is 4. The molecule has 15 heteroatoms. The van der Waals surface area contributed by atoms with Crippen LogP contribution in [0.3, 0.4) is 0 Å². The zero-order chi connectivity index (χ0) is 25.7. The first-order chi connectivity index (χ1) is 17.4. The molecule has 2 amide bonds. The van der Waals surface area contributed by atoms with Crippen LogP contribution in [0.5, 0.6) is 0 Å². The summed E-state index contributed by atoms with van der Waals surface area (Å²) in [6.07, 6.45) is 4.32. The molecule has 2 atom stereocenters. The molecule has 13 nitrogen and oxygen atoms in total. The van der Waals surface area contributed by atoms with Crippen LogP contribution in [0, 0.1) is 0 Å². The summed E-state index contributed by atoms with van der Waals surface area (Å²) in [6, 6.07) is 2.85. The van der Waals surface area contributed by atoms with Crippen molar-refractivity contribution in [2.75, 3.05) is 18.3 Å². The summed E-state index contributed by atoms with van der Waals surface area (Å²) in [6.45, 7) is 1.36. The lowest BCUT2D eigenvalue weighted by molar-refractivity contribution is -0.168. The van der Waals surface area contributed by atoms with E-state index in [1.807, 2.05) is 6.92 Å². The molecule has 1 fully saturated rings. The molecule has 36 heavy (non-hydrogen) atoms. The van der Waals surface area contributed by atoms with Gasteiger partial charge in [0.1, 0.15) is 23.7 Å². The largest absolute Gasteiger partial charge is 0.428 e. The van der Waals surface area contributed by atoms with Gasteiger partial charge in [-0.05, 0) is 34.6 Å². The lowest BCUT2D eigenvalue weighted by Gasteiger charge is -2.49. The summed E-state index contributed by atoms with van der Waals surface area (Å²) in [7, 11) is 1.70. The molecule has 0 spiro atoms. The Bertz CT molecular complexity index is 1170. The third-order valence-electron chi connectivity index (χ3n) is 5.37. The highest BCUT2D eigenvalue weighted by Gasteiger charge is 2.54. The molecule has 2 aromatic heterocycles. The van der Waals surface area contributed by atoms with Crippen LogP contribution >= 0.6 is 23.5 Å². The van der Waals surface area contributed by atoms with Gasteiger partial charge in [-0.15, -0.1) is 16.9 Å². The Morgan fingerprint density at radius 2 is 2.03 bits per heavy atom. The summed E-state index contributed by atoms with van der Waals surface area (Å²) in [5, 5.41) is 14.2. The highest BCUT2D eigenvalue weighted by atomic mass is 32.2. The van der Waals surface area contributed by atoms with Crippen LogP contribution in [0.4, 0.5) is 0 Å². The lowest BCUT2D eigenvalue weighted by atomic mass is 10.0. The fourth-order valence-electron chi connectivity index (χ4n) is 3.63. The highest BCUT2D eigenvalue weighted by Crippen LogP contribution is 2.41. The van der Waals surface area contributed by atoms with Gasteiger partial charge in [-0.1, -0.05) is 18.7 Å². The summed E-state index contributed by atoms with van der Waals surface area (Å²) in [5.41, 5.74) is 0.744. The molecule has 0 radical (unpaired) electrons. The second-order valence-electron chi connectivity index (χ2n) is 7.95. The summed E-state index contributed by atoms with van der Waals surface area (Å²) < 4.78 is 13.3. The third-order valence-corrected chi connectivity index (χ3v) is 7.81. The van der Waals surface area contributed by atoms with Gasteiger partial charge in [0.15, 0.2) is 0 Å². The molecule has 0 saturated carbocycles. The van der Waals surface area contributed by atoms with Crippen LogP contribution in [-0.2, 0) is 42.2 Å². The third kappa shape index (κ3) is 5.73. The fraction of sp³-hybridized carbons (Fsp3) is 0.476. The summed E-state index contributed by atoms with van der Waals surface area (Å²) in [5.74, 6) is -1.21. The van der Waals surface area contributed by atoms with E-state index < -0.39 is 36.1 Å². The zero-order valence-corrected chi connectivity index (χ0v) is 21.3. The van der Waals surface area contributed by atoms with E-state index in [2.05, 4.69) is 20.8 Å². The molecule has 4 rings (SSSR count). The Hall–Kier alpha value is -3.33. The van der Waals surface area contributed by atoms with E-state index in [-0.39, 0.29) is 24.6 Å². The van der Waals surface area contributed by atoms with Crippen LogP contribution < -0.4 is 5.32 Å². The zero-order valence-electron chi connectivity index (χ0n) is 19.7. The van der Waals surface area contributed by atoms with Crippen LogP contribution in [0.25, 0.3) is 0 Å². The number of fused-ring (bicyclic) bond motifs is 1. The van der Waals surface area contributed by atoms with Gasteiger partial charge in [-0.3, -0.25) is 19.3 Å². The van der Waals surface area contributed by atoms with Gasteiger partial charge in [0.05, 0.1) is 0 Å². The van der Waals surface area contributed by atoms with Crippen molar-refractivity contribution >= 4 is 47.3 Å². The molecule has 192 valence electrons. The van der Waals surface area contributed by atoms with Crippen LogP contribution in [0.2, 0.25) is 0 Å². The maximum Gasteiger partial charge on any atom is 0.357 e. The number of hydrogen-bond donors (Lipinski definition) is 1. The maximum atomic E-state index is 13.1. The predicted molar refractivity (Wildman–Crippen MR) is 128 cm³/mol. The maximum absolute atomic E-state index is 13.1. The number of ether oxygens (including phenoxy) is 2. The van der Waals surface area contributed by atoms with Crippen molar-refractivity contribution in [2.24, 2.45) is 7.05 Å². The number of esters is 2. The van der Waals surface area contributed by atoms with Crippen molar-refractivity contribution in [1.82, 2.24) is 35.0 Å². The number of nitrogens with one attached hydrogen (secondary N) is 1. The number of tetrazole rings is 1. The standard InChI is InChI=1S/C21H25N7O6S2/c1-3-6-15(30)33-12-34-20(32)17-13(11-36-21-23-24-25-26(21)2)10-35-19-16(18(31)28(17)19)22-14(29)9-27-7-4-5-8-27/h4-5,7-8,16,19H,3,6,9-12H2,1-2H3,(H,22,29). The number of amides is 2. The fourth-order valence-corrected chi connectivity index (χ4v) is 5.97. The molecule has 2 aliphatic heterocycles. The average Bonchev–Trinajstić information content (AvgIpc) is 3.52. The Kier molecular flexibility index (Phi) is 8.30. The van der Waals surface area contributed by atoms with Gasteiger partial charge in [0.2, 0.25) is 17.9 Å². The number of rotatable bonds is 11. The van der Waals surface area contributed by atoms with Crippen LogP contribution in [-0.4, -0.2) is 83.1 Å². The number of aromatic nitrogens is 5. The van der Waals surface area contributed by atoms with Gasteiger partial charge in [0, 0.05) is 37.4 Å². The smallest absolute Gasteiger partial charge is 0.357 e. The molecule has 1 saturated heterocycles. The molecule has 4 heterocycles. The molecule has 2 unspecified atom stereocenters. The van der Waals surface area contributed by atoms with Crippen molar-refractivity contribution < 1.29 is 28.7 Å². The molecular formula is C21H25N7O6S2. The number of nitrogens with zero attached hydrogens (tertiary/aromatic N) is 6. The predicted octanol–water partition coefficient (Wildman–Crippen LogP) is 0.302. The van der Waals surface area contributed by atoms with Gasteiger partial charge in [-0.25, -0.2) is 9.48 Å². The molecule has 1 N–H and O–H groups in total. The number of hydrogen-bond acceptors (Lipinski definition) is 11. The van der Waals surface area contributed by atoms with Gasteiger partial charge in [-0.2, -0.15) is 0 Å². The molecule has 2 aromatic rings. The second-order valence-corrected chi connectivity index (χ2v) is 10.00. The Morgan fingerprint density at radius 3 is 2.72 bits per heavy atom. The lowest BCUT2D eigenvalue weighted by Crippen LogP contribution is -2.70. The highest BCUT2D eigenvalue weighted by molar-refractivity contribution is 8.01. The van der Waals surface area contributed by atoms with E-state index in [1.54, 1.807) is 36.1 Å². The van der Waals surface area contributed by atoms with Gasteiger partial charge in [0.25, 0.3) is 5.91 Å². The Balaban J connectivity index is 1.46. The number of aryl methyl sites for hydroxylation is 1. The van der Waals surface area contributed by atoms with Gasteiger partial charge >= 0.3 is 11.9 Å². The van der Waals surface area contributed by atoms with E-state index in [0.29, 0.717) is 28.7 Å². The van der Waals surface area contributed by atoms with E-state index in [0.717, 1.165) is 0 Å². The quantitative estimate of drug-likeness (QED) is 0.183. The van der Waals surface area contributed by atoms with Crippen molar-refractivity contribution in [2.45, 2.75) is 42.9 Å². The van der Waals surface area contributed by atoms with E-state index in [4.69, 9.17) is 9.47 Å². The first-order valence-electron chi connectivity index (χ1n) is 11.1. The minimum atomic E-state index is -0.776. The molecule has 2 aliphatic rings.